The van der Waals surface area contributed by atoms with Gasteiger partial charge in [0.05, 0.1) is 24.0 Å². The number of carbonyl (C=O) groups excluding carboxylic acids is 2. The van der Waals surface area contributed by atoms with Gasteiger partial charge in [-0.15, -0.1) is 0 Å². The molecule has 3 heterocycles. The lowest BCUT2D eigenvalue weighted by molar-refractivity contribution is -0.127. The molecule has 49 heavy (non-hydrogen) atoms. The van der Waals surface area contributed by atoms with Crippen molar-refractivity contribution < 1.29 is 23.5 Å². The minimum absolute atomic E-state index is 0.0680. The highest BCUT2D eigenvalue weighted by atomic mass is 19.1. The predicted octanol–water partition coefficient (Wildman–Crippen LogP) is 6.48. The molecule has 2 amide bonds. The Labute approximate surface area is 284 Å². The Balaban J connectivity index is 1.40. The van der Waals surface area contributed by atoms with E-state index in [1.807, 2.05) is 31.2 Å². The number of nitrogens with two attached hydrogens (primary N) is 1. The first-order valence-corrected chi connectivity index (χ1v) is 16.3. The lowest BCUT2D eigenvalue weighted by Crippen LogP contribution is -2.43. The van der Waals surface area contributed by atoms with Crippen LogP contribution in [0.2, 0.25) is 0 Å². The van der Waals surface area contributed by atoms with Crippen molar-refractivity contribution in [1.29, 1.82) is 5.26 Å². The minimum Gasteiger partial charge on any atom is -0.457 e. The smallest absolute Gasteiger partial charge is 0.410 e. The third kappa shape index (κ3) is 7.97. The first kappa shape index (κ1) is 34.8. The molecule has 0 radical (unpaired) electrons. The fraction of sp³-hybridized carbons (Fsp3) is 0.389. The zero-order valence-corrected chi connectivity index (χ0v) is 28.4. The average Bonchev–Trinajstić information content (AvgIpc) is 3.67. The van der Waals surface area contributed by atoms with Gasteiger partial charge in [0.15, 0.2) is 5.65 Å². The van der Waals surface area contributed by atoms with Gasteiger partial charge in [-0.3, -0.25) is 4.79 Å². The number of para-hydroxylation sites is 1. The standard InChI is InChI=1S/C36H41FN8O4/c1-6-16-43(35(47)49-36(3,4)5)23(2)18-24(20-38)34(46)44-17-10-11-25(44)21-45-33-30(32(39)40-22-41-33)31(42-45)28-15-14-27(19-29(28)37)48-26-12-8-7-9-13-26/h7-9,12-15,18-19,22-23,25H,6,10-11,16-17,21H2,1-5H3,(H2,39,40,41)/t23?,25-/m1/s1. The number of nitriles is 1. The molecule has 0 bridgehead atoms. The maximum atomic E-state index is 15.6. The molecule has 2 aromatic heterocycles. The van der Waals surface area contributed by atoms with Crippen LogP contribution in [0.5, 0.6) is 11.5 Å². The summed E-state index contributed by atoms with van der Waals surface area (Å²) < 4.78 is 28.6. The van der Waals surface area contributed by atoms with Crippen molar-refractivity contribution in [1.82, 2.24) is 29.5 Å². The van der Waals surface area contributed by atoms with Crippen LogP contribution in [0.3, 0.4) is 0 Å². The summed E-state index contributed by atoms with van der Waals surface area (Å²) in [4.78, 5) is 38.4. The first-order valence-electron chi connectivity index (χ1n) is 16.3. The van der Waals surface area contributed by atoms with Gasteiger partial charge in [0.1, 0.15) is 52.4 Å². The molecule has 0 aliphatic carbocycles. The van der Waals surface area contributed by atoms with Crippen molar-refractivity contribution in [3.63, 3.8) is 0 Å². The second-order valence-electron chi connectivity index (χ2n) is 12.9. The van der Waals surface area contributed by atoms with E-state index in [4.69, 9.17) is 20.3 Å². The summed E-state index contributed by atoms with van der Waals surface area (Å²) in [6, 6.07) is 14.7. The van der Waals surface area contributed by atoms with Crippen molar-refractivity contribution in [2.45, 2.75) is 78.1 Å². The monoisotopic (exact) mass is 668 g/mol. The van der Waals surface area contributed by atoms with Gasteiger partial charge in [-0.25, -0.2) is 23.8 Å². The molecule has 5 rings (SSSR count). The summed E-state index contributed by atoms with van der Waals surface area (Å²) in [5, 5.41) is 15.2. The molecule has 4 aromatic rings. The number of hydrogen-bond acceptors (Lipinski definition) is 9. The van der Waals surface area contributed by atoms with Crippen LogP contribution in [-0.4, -0.2) is 72.3 Å². The second kappa shape index (κ2) is 14.7. The van der Waals surface area contributed by atoms with Crippen molar-refractivity contribution in [2.24, 2.45) is 0 Å². The summed E-state index contributed by atoms with van der Waals surface area (Å²) >= 11 is 0. The Morgan fingerprint density at radius 3 is 2.61 bits per heavy atom. The number of anilines is 1. The maximum absolute atomic E-state index is 15.6. The third-order valence-electron chi connectivity index (χ3n) is 8.10. The Bertz CT molecular complexity index is 1900. The van der Waals surface area contributed by atoms with Crippen molar-refractivity contribution in [3.8, 4) is 28.8 Å². The van der Waals surface area contributed by atoms with Crippen LogP contribution in [0.4, 0.5) is 15.0 Å². The number of halogens is 1. The Hall–Kier alpha value is -5.51. The van der Waals surface area contributed by atoms with Gasteiger partial charge in [0.25, 0.3) is 5.91 Å². The fourth-order valence-electron chi connectivity index (χ4n) is 5.88. The highest BCUT2D eigenvalue weighted by Crippen LogP contribution is 2.35. The molecule has 1 unspecified atom stereocenters. The average molecular weight is 669 g/mol. The molecule has 2 aromatic carbocycles. The van der Waals surface area contributed by atoms with Crippen LogP contribution in [0, 0.1) is 17.1 Å². The number of nitrogens with zero attached hydrogens (tertiary/aromatic N) is 7. The summed E-state index contributed by atoms with van der Waals surface area (Å²) in [6.07, 6.45) is 4.35. The second-order valence-corrected chi connectivity index (χ2v) is 12.9. The van der Waals surface area contributed by atoms with E-state index in [9.17, 15) is 14.9 Å². The van der Waals surface area contributed by atoms with E-state index in [0.717, 1.165) is 0 Å². The van der Waals surface area contributed by atoms with E-state index in [0.29, 0.717) is 54.9 Å². The molecule has 0 spiro atoms. The van der Waals surface area contributed by atoms with Crippen molar-refractivity contribution in [2.75, 3.05) is 18.8 Å². The molecule has 2 N–H and O–H groups in total. The minimum atomic E-state index is -0.693. The highest BCUT2D eigenvalue weighted by molar-refractivity contribution is 5.99. The highest BCUT2D eigenvalue weighted by Gasteiger charge is 2.33. The number of aromatic nitrogens is 4. The van der Waals surface area contributed by atoms with Crippen LogP contribution < -0.4 is 10.5 Å². The predicted molar refractivity (Wildman–Crippen MR) is 183 cm³/mol. The zero-order chi connectivity index (χ0) is 35.3. The van der Waals surface area contributed by atoms with Crippen LogP contribution >= 0.6 is 0 Å². The Kier molecular flexibility index (Phi) is 10.5. The number of carbonyl (C=O) groups is 2. The number of nitrogen functional groups attached to an aromatic ring is 1. The Morgan fingerprint density at radius 1 is 1.18 bits per heavy atom. The summed E-state index contributed by atoms with van der Waals surface area (Å²) in [6.45, 7) is 10.1. The van der Waals surface area contributed by atoms with Gasteiger partial charge in [-0.2, -0.15) is 10.4 Å². The normalized spacial score (nSPS) is 15.6. The molecule has 256 valence electrons. The van der Waals surface area contributed by atoms with E-state index in [1.54, 1.807) is 61.5 Å². The Morgan fingerprint density at radius 2 is 1.94 bits per heavy atom. The molecule has 2 atom stereocenters. The summed E-state index contributed by atoms with van der Waals surface area (Å²) in [7, 11) is 0. The number of fused-ring (bicyclic) bond motifs is 1. The molecule has 0 saturated carbocycles. The lowest BCUT2D eigenvalue weighted by atomic mass is 10.1. The summed E-state index contributed by atoms with van der Waals surface area (Å²) in [5.41, 5.74) is 6.36. The number of likely N-dealkylation sites (tertiary alicyclic amines) is 1. The number of amides is 2. The fourth-order valence-corrected chi connectivity index (χ4v) is 5.88. The topological polar surface area (TPSA) is 152 Å². The molecule has 1 saturated heterocycles. The SMILES string of the molecule is CCCN(C(=O)OC(C)(C)C)C(C)C=C(C#N)C(=O)N1CCC[C@@H]1Cn1nc(-c2ccc(Oc3ccccc3)cc2F)c2c(N)ncnc21. The van der Waals surface area contributed by atoms with Gasteiger partial charge in [0, 0.05) is 24.7 Å². The van der Waals surface area contributed by atoms with E-state index in [1.165, 1.54) is 23.4 Å². The van der Waals surface area contributed by atoms with Crippen LogP contribution in [-0.2, 0) is 16.1 Å². The van der Waals surface area contributed by atoms with Gasteiger partial charge in [-0.05, 0) is 77.3 Å². The quantitative estimate of drug-likeness (QED) is 0.148. The van der Waals surface area contributed by atoms with Crippen molar-refractivity contribution in [3.05, 3.63) is 72.3 Å². The molecule has 1 aliphatic heterocycles. The van der Waals surface area contributed by atoms with Crippen LogP contribution in [0.25, 0.3) is 22.3 Å². The van der Waals surface area contributed by atoms with Crippen LogP contribution in [0.1, 0.15) is 53.9 Å². The molecule has 1 fully saturated rings. The largest absolute Gasteiger partial charge is 0.457 e. The van der Waals surface area contributed by atoms with Crippen molar-refractivity contribution >= 4 is 28.9 Å². The van der Waals surface area contributed by atoms with E-state index in [2.05, 4.69) is 9.97 Å². The molecular weight excluding hydrogens is 627 g/mol. The van der Waals surface area contributed by atoms with Gasteiger partial charge in [0.2, 0.25) is 0 Å². The van der Waals surface area contributed by atoms with Gasteiger partial charge in [-0.1, -0.05) is 25.1 Å². The van der Waals surface area contributed by atoms with Gasteiger partial charge >= 0.3 is 6.09 Å². The molecule has 1 aliphatic rings. The van der Waals surface area contributed by atoms with E-state index < -0.39 is 29.5 Å². The number of ether oxygens (including phenoxy) is 2. The molecule has 12 nitrogen and oxygen atoms in total. The zero-order valence-electron chi connectivity index (χ0n) is 28.4. The first-order chi connectivity index (χ1) is 23.4. The van der Waals surface area contributed by atoms with Gasteiger partial charge < -0.3 is 25.0 Å². The van der Waals surface area contributed by atoms with E-state index in [-0.39, 0.29) is 35.2 Å². The lowest BCUT2D eigenvalue weighted by Gasteiger charge is -2.30. The number of rotatable bonds is 10. The number of benzene rings is 2. The molecular formula is C36H41FN8O4. The molecule has 13 heteroatoms. The van der Waals surface area contributed by atoms with E-state index >= 15 is 4.39 Å². The third-order valence-corrected chi connectivity index (χ3v) is 8.10. The number of hydrogen-bond donors (Lipinski definition) is 1. The summed E-state index contributed by atoms with van der Waals surface area (Å²) in [5.74, 6) is 0.0218. The van der Waals surface area contributed by atoms with Crippen LogP contribution in [0.15, 0.2) is 66.5 Å². The maximum Gasteiger partial charge on any atom is 0.410 e.